The fraction of sp³-hybridized carbons (Fsp3) is 0.750. The standard InChI is InChI=1S/C16H28N6O4/c17-10(4-1-7-20-16(18)19)13(23)21-8-2-5-11(21)14(24)22-9-3-6-12(22)15(25)26/h10-12H,1-9,17H2,(H,25,26)(H4,18,19,20). The first-order valence-corrected chi connectivity index (χ1v) is 9.00. The zero-order valence-corrected chi connectivity index (χ0v) is 14.8. The van der Waals surface area contributed by atoms with Crippen molar-refractivity contribution in [2.45, 2.75) is 56.7 Å². The molecule has 0 aromatic rings. The molecule has 0 radical (unpaired) electrons. The van der Waals surface area contributed by atoms with Crippen molar-refractivity contribution in [3.63, 3.8) is 0 Å². The predicted octanol–water partition coefficient (Wildman–Crippen LogP) is -1.36. The number of nitrogens with one attached hydrogen (secondary N) is 2. The first kappa shape index (κ1) is 20.0. The van der Waals surface area contributed by atoms with E-state index in [0.717, 1.165) is 0 Å². The van der Waals surface area contributed by atoms with Gasteiger partial charge in [0.1, 0.15) is 12.1 Å². The molecule has 2 rings (SSSR count). The average molecular weight is 368 g/mol. The van der Waals surface area contributed by atoms with E-state index >= 15 is 0 Å². The van der Waals surface area contributed by atoms with Crippen LogP contribution in [0.25, 0.3) is 0 Å². The third-order valence-electron chi connectivity index (χ3n) is 4.97. The van der Waals surface area contributed by atoms with Gasteiger partial charge in [-0.15, -0.1) is 0 Å². The van der Waals surface area contributed by atoms with Crippen LogP contribution in [0.5, 0.6) is 0 Å². The second kappa shape index (κ2) is 8.84. The summed E-state index contributed by atoms with van der Waals surface area (Å²) in [5.74, 6) is -1.70. The van der Waals surface area contributed by atoms with Crippen molar-refractivity contribution < 1.29 is 19.5 Å². The van der Waals surface area contributed by atoms with E-state index in [1.165, 1.54) is 9.80 Å². The third-order valence-corrected chi connectivity index (χ3v) is 4.97. The summed E-state index contributed by atoms with van der Waals surface area (Å²) in [6.07, 6.45) is 3.33. The molecule has 0 aromatic heterocycles. The average Bonchev–Trinajstić information content (AvgIpc) is 3.25. The summed E-state index contributed by atoms with van der Waals surface area (Å²) in [4.78, 5) is 39.7. The molecule has 0 spiro atoms. The lowest BCUT2D eigenvalue weighted by Crippen LogP contribution is -2.54. The Kier molecular flexibility index (Phi) is 6.78. The molecule has 0 aromatic carbocycles. The fourth-order valence-electron chi connectivity index (χ4n) is 3.65. The molecule has 2 aliphatic heterocycles. The van der Waals surface area contributed by atoms with Crippen LogP contribution in [0.2, 0.25) is 0 Å². The van der Waals surface area contributed by atoms with E-state index in [2.05, 4.69) is 5.32 Å². The van der Waals surface area contributed by atoms with Gasteiger partial charge in [-0.1, -0.05) is 0 Å². The number of carbonyl (C=O) groups excluding carboxylic acids is 2. The van der Waals surface area contributed by atoms with Crippen LogP contribution in [0, 0.1) is 5.41 Å². The van der Waals surface area contributed by atoms with Gasteiger partial charge in [-0.05, 0) is 38.5 Å². The molecule has 2 heterocycles. The summed E-state index contributed by atoms with van der Waals surface area (Å²) in [5, 5.41) is 19.0. The van der Waals surface area contributed by atoms with Gasteiger partial charge in [0.15, 0.2) is 5.96 Å². The minimum absolute atomic E-state index is 0.131. The number of carboxylic acid groups (broad SMARTS) is 1. The Labute approximate surface area is 152 Å². The highest BCUT2D eigenvalue weighted by atomic mass is 16.4. The van der Waals surface area contributed by atoms with Crippen molar-refractivity contribution in [3.05, 3.63) is 0 Å². The van der Waals surface area contributed by atoms with Crippen LogP contribution in [0.15, 0.2) is 0 Å². The largest absolute Gasteiger partial charge is 0.480 e. The van der Waals surface area contributed by atoms with E-state index < -0.39 is 24.1 Å². The molecule has 2 fully saturated rings. The number of hydrogen-bond acceptors (Lipinski definition) is 5. The van der Waals surface area contributed by atoms with Gasteiger partial charge < -0.3 is 31.7 Å². The van der Waals surface area contributed by atoms with Crippen LogP contribution >= 0.6 is 0 Å². The Morgan fingerprint density at radius 1 is 1.15 bits per heavy atom. The number of aliphatic carboxylic acids is 1. The topological polar surface area (TPSA) is 166 Å². The maximum absolute atomic E-state index is 12.8. The minimum atomic E-state index is -0.999. The molecule has 10 nitrogen and oxygen atoms in total. The van der Waals surface area contributed by atoms with Gasteiger partial charge in [-0.3, -0.25) is 15.0 Å². The predicted molar refractivity (Wildman–Crippen MR) is 94.2 cm³/mol. The first-order valence-electron chi connectivity index (χ1n) is 9.00. The summed E-state index contributed by atoms with van der Waals surface area (Å²) < 4.78 is 0. The molecule has 2 saturated heterocycles. The van der Waals surface area contributed by atoms with Crippen LogP contribution in [0.1, 0.15) is 38.5 Å². The molecule has 0 saturated carbocycles. The van der Waals surface area contributed by atoms with Gasteiger partial charge in [-0.25, -0.2) is 4.79 Å². The molecule has 2 aliphatic rings. The van der Waals surface area contributed by atoms with E-state index in [4.69, 9.17) is 16.9 Å². The Bertz CT molecular complexity index is 569. The monoisotopic (exact) mass is 368 g/mol. The summed E-state index contributed by atoms with van der Waals surface area (Å²) >= 11 is 0. The van der Waals surface area contributed by atoms with Gasteiger partial charge >= 0.3 is 5.97 Å². The molecule has 3 unspecified atom stereocenters. The molecule has 10 heteroatoms. The normalized spacial score (nSPS) is 23.7. The lowest BCUT2D eigenvalue weighted by Gasteiger charge is -2.31. The van der Waals surface area contributed by atoms with Crippen LogP contribution < -0.4 is 16.8 Å². The zero-order chi connectivity index (χ0) is 19.3. The lowest BCUT2D eigenvalue weighted by atomic mass is 10.1. The lowest BCUT2D eigenvalue weighted by molar-refractivity contribution is -0.152. The highest BCUT2D eigenvalue weighted by molar-refractivity contribution is 5.92. The van der Waals surface area contributed by atoms with Gasteiger partial charge in [-0.2, -0.15) is 0 Å². The van der Waals surface area contributed by atoms with Gasteiger partial charge in [0.25, 0.3) is 0 Å². The number of nitrogens with two attached hydrogens (primary N) is 2. The van der Waals surface area contributed by atoms with Crippen LogP contribution in [0.3, 0.4) is 0 Å². The Morgan fingerprint density at radius 3 is 2.38 bits per heavy atom. The molecule has 3 atom stereocenters. The number of likely N-dealkylation sites (tertiary alicyclic amines) is 2. The maximum Gasteiger partial charge on any atom is 0.326 e. The summed E-state index contributed by atoms with van der Waals surface area (Å²) in [6.45, 7) is 1.32. The second-order valence-corrected chi connectivity index (χ2v) is 6.81. The van der Waals surface area contributed by atoms with E-state index in [1.54, 1.807) is 0 Å². The Balaban J connectivity index is 1.93. The van der Waals surface area contributed by atoms with Crippen LogP contribution in [-0.2, 0) is 14.4 Å². The van der Waals surface area contributed by atoms with Crippen molar-refractivity contribution >= 4 is 23.7 Å². The van der Waals surface area contributed by atoms with E-state index in [0.29, 0.717) is 58.2 Å². The zero-order valence-electron chi connectivity index (χ0n) is 14.8. The number of amides is 2. The van der Waals surface area contributed by atoms with Crippen LogP contribution in [0.4, 0.5) is 0 Å². The number of hydrogen-bond donors (Lipinski definition) is 5. The molecule has 26 heavy (non-hydrogen) atoms. The van der Waals surface area contributed by atoms with Gasteiger partial charge in [0.2, 0.25) is 11.8 Å². The molecule has 146 valence electrons. The summed E-state index contributed by atoms with van der Waals surface area (Å²) in [5.41, 5.74) is 11.2. The Morgan fingerprint density at radius 2 is 1.77 bits per heavy atom. The molecule has 2 amide bonds. The highest BCUT2D eigenvalue weighted by Gasteiger charge is 2.42. The number of carbonyl (C=O) groups is 3. The Hall–Kier alpha value is -2.36. The molecule has 0 bridgehead atoms. The van der Waals surface area contributed by atoms with Crippen molar-refractivity contribution in [1.29, 1.82) is 5.41 Å². The van der Waals surface area contributed by atoms with E-state index in [9.17, 15) is 19.5 Å². The third kappa shape index (κ3) is 4.63. The van der Waals surface area contributed by atoms with Crippen molar-refractivity contribution in [1.82, 2.24) is 15.1 Å². The van der Waals surface area contributed by atoms with Crippen LogP contribution in [-0.4, -0.2) is 76.4 Å². The minimum Gasteiger partial charge on any atom is -0.480 e. The van der Waals surface area contributed by atoms with Crippen molar-refractivity contribution in [2.75, 3.05) is 19.6 Å². The van der Waals surface area contributed by atoms with E-state index in [1.807, 2.05) is 0 Å². The SMILES string of the molecule is N=C(N)NCCCC(N)C(=O)N1CCCC1C(=O)N1CCCC1C(=O)O. The molecule has 0 aliphatic carbocycles. The maximum atomic E-state index is 12.8. The summed E-state index contributed by atoms with van der Waals surface area (Å²) in [7, 11) is 0. The number of rotatable bonds is 7. The van der Waals surface area contributed by atoms with Crippen molar-refractivity contribution in [2.24, 2.45) is 11.5 Å². The van der Waals surface area contributed by atoms with Crippen molar-refractivity contribution in [3.8, 4) is 0 Å². The summed E-state index contributed by atoms with van der Waals surface area (Å²) in [6, 6.07) is -2.15. The quantitative estimate of drug-likeness (QED) is 0.210. The van der Waals surface area contributed by atoms with Gasteiger partial charge in [0.05, 0.1) is 6.04 Å². The number of carboxylic acids is 1. The number of guanidine groups is 1. The molecule has 7 N–H and O–H groups in total. The smallest absolute Gasteiger partial charge is 0.326 e. The van der Waals surface area contributed by atoms with E-state index in [-0.39, 0.29) is 17.8 Å². The fourth-order valence-corrected chi connectivity index (χ4v) is 3.65. The molecular weight excluding hydrogens is 340 g/mol. The number of nitrogens with zero attached hydrogens (tertiary/aromatic N) is 2. The first-order chi connectivity index (χ1) is 12.3. The highest BCUT2D eigenvalue weighted by Crippen LogP contribution is 2.25. The van der Waals surface area contributed by atoms with Gasteiger partial charge in [0, 0.05) is 19.6 Å². The molecular formula is C16H28N6O4. The second-order valence-electron chi connectivity index (χ2n) is 6.81.